The lowest BCUT2D eigenvalue weighted by Gasteiger charge is -2.28. The molecule has 2 unspecified atom stereocenters. The van der Waals surface area contributed by atoms with E-state index in [9.17, 15) is 10.1 Å². The molecule has 1 N–H and O–H groups in total. The van der Waals surface area contributed by atoms with Crippen LogP contribution >= 0.6 is 0 Å². The van der Waals surface area contributed by atoms with Crippen LogP contribution in [0.15, 0.2) is 24.3 Å². The minimum Gasteiger partial charge on any atom is -0.312 e. The molecule has 1 aromatic rings. The lowest BCUT2D eigenvalue weighted by atomic mass is 9.80. The number of benzene rings is 1. The number of non-ortho nitro benzene ring substituents is 1. The predicted molar refractivity (Wildman–Crippen MR) is 75.9 cm³/mol. The van der Waals surface area contributed by atoms with Gasteiger partial charge in [0.2, 0.25) is 0 Å². The molecule has 0 bridgehead atoms. The first-order valence-electron chi connectivity index (χ1n) is 7.11. The topological polar surface area (TPSA) is 55.2 Å². The van der Waals surface area contributed by atoms with Crippen LogP contribution in [0, 0.1) is 22.0 Å². The smallest absolute Gasteiger partial charge is 0.269 e. The second-order valence-corrected chi connectivity index (χ2v) is 5.58. The van der Waals surface area contributed by atoms with Crippen molar-refractivity contribution in [3.8, 4) is 0 Å². The first-order valence-corrected chi connectivity index (χ1v) is 7.11. The number of rotatable bonds is 5. The summed E-state index contributed by atoms with van der Waals surface area (Å²) in [5.41, 5.74) is 1.26. The highest BCUT2D eigenvalue weighted by Crippen LogP contribution is 2.28. The van der Waals surface area contributed by atoms with Gasteiger partial charge in [0.1, 0.15) is 0 Å². The van der Waals surface area contributed by atoms with Crippen LogP contribution in [0.4, 0.5) is 5.69 Å². The molecule has 0 aromatic heterocycles. The van der Waals surface area contributed by atoms with Gasteiger partial charge in [-0.1, -0.05) is 38.3 Å². The second kappa shape index (κ2) is 6.66. The van der Waals surface area contributed by atoms with Crippen molar-refractivity contribution in [3.63, 3.8) is 0 Å². The van der Waals surface area contributed by atoms with Crippen LogP contribution in [0.1, 0.15) is 38.2 Å². The summed E-state index contributed by atoms with van der Waals surface area (Å²) in [6.45, 7) is 4.19. The normalized spacial score (nSPS) is 23.2. The summed E-state index contributed by atoms with van der Waals surface area (Å²) in [7, 11) is 0. The average molecular weight is 262 g/mol. The maximum absolute atomic E-state index is 10.6. The van der Waals surface area contributed by atoms with Crippen LogP contribution in [0.25, 0.3) is 0 Å². The van der Waals surface area contributed by atoms with Gasteiger partial charge in [0.15, 0.2) is 0 Å². The molecule has 0 saturated heterocycles. The number of hydrogen-bond acceptors (Lipinski definition) is 3. The van der Waals surface area contributed by atoms with Gasteiger partial charge in [-0.15, -0.1) is 0 Å². The van der Waals surface area contributed by atoms with Crippen molar-refractivity contribution >= 4 is 5.69 Å². The van der Waals surface area contributed by atoms with Gasteiger partial charge < -0.3 is 5.32 Å². The molecule has 19 heavy (non-hydrogen) atoms. The summed E-state index contributed by atoms with van der Waals surface area (Å²) in [5, 5.41) is 14.0. The molecule has 4 nitrogen and oxygen atoms in total. The lowest BCUT2D eigenvalue weighted by Crippen LogP contribution is -2.29. The number of nitrogens with one attached hydrogen (secondary N) is 1. The van der Waals surface area contributed by atoms with Gasteiger partial charge in [-0.2, -0.15) is 0 Å². The fourth-order valence-corrected chi connectivity index (χ4v) is 2.83. The molecule has 2 atom stereocenters. The Morgan fingerprint density at radius 1 is 1.26 bits per heavy atom. The molecule has 104 valence electrons. The zero-order valence-corrected chi connectivity index (χ0v) is 11.5. The molecule has 0 amide bonds. The van der Waals surface area contributed by atoms with Gasteiger partial charge in [0.25, 0.3) is 5.69 Å². The van der Waals surface area contributed by atoms with Gasteiger partial charge in [0, 0.05) is 18.7 Å². The van der Waals surface area contributed by atoms with Gasteiger partial charge in [-0.25, -0.2) is 0 Å². The molecule has 1 saturated carbocycles. The third kappa shape index (κ3) is 4.03. The SMILES string of the molecule is CC1CCCCC1CNCc1ccc([N+](=O)[O-])cc1. The highest BCUT2D eigenvalue weighted by atomic mass is 16.6. The zero-order chi connectivity index (χ0) is 13.7. The van der Waals surface area contributed by atoms with Crippen LogP contribution in [0.5, 0.6) is 0 Å². The molecule has 1 aliphatic carbocycles. The molecule has 1 aromatic carbocycles. The highest BCUT2D eigenvalue weighted by molar-refractivity contribution is 5.32. The molecule has 2 rings (SSSR count). The quantitative estimate of drug-likeness (QED) is 0.652. The van der Waals surface area contributed by atoms with E-state index in [-0.39, 0.29) is 10.6 Å². The van der Waals surface area contributed by atoms with E-state index in [1.165, 1.54) is 25.7 Å². The minimum atomic E-state index is -0.360. The van der Waals surface area contributed by atoms with Crippen molar-refractivity contribution in [2.45, 2.75) is 39.2 Å². The number of hydrogen-bond donors (Lipinski definition) is 1. The van der Waals surface area contributed by atoms with Crippen LogP contribution in [0.2, 0.25) is 0 Å². The molecule has 0 spiro atoms. The van der Waals surface area contributed by atoms with E-state index in [4.69, 9.17) is 0 Å². The van der Waals surface area contributed by atoms with Crippen molar-refractivity contribution in [1.29, 1.82) is 0 Å². The maximum Gasteiger partial charge on any atom is 0.269 e. The second-order valence-electron chi connectivity index (χ2n) is 5.58. The Labute approximate surface area is 114 Å². The Balaban J connectivity index is 1.77. The van der Waals surface area contributed by atoms with E-state index in [1.807, 2.05) is 12.1 Å². The maximum atomic E-state index is 10.6. The lowest BCUT2D eigenvalue weighted by molar-refractivity contribution is -0.384. The van der Waals surface area contributed by atoms with E-state index >= 15 is 0 Å². The molecule has 0 aliphatic heterocycles. The predicted octanol–water partition coefficient (Wildman–Crippen LogP) is 3.51. The average Bonchev–Trinajstić information content (AvgIpc) is 2.41. The number of nitrogens with zero attached hydrogens (tertiary/aromatic N) is 1. The van der Waals surface area contributed by atoms with E-state index in [0.717, 1.165) is 30.5 Å². The Hall–Kier alpha value is -1.42. The van der Waals surface area contributed by atoms with Gasteiger partial charge in [-0.05, 0) is 30.4 Å². The van der Waals surface area contributed by atoms with Crippen molar-refractivity contribution in [2.75, 3.05) is 6.54 Å². The first kappa shape index (κ1) is 14.0. The summed E-state index contributed by atoms with van der Waals surface area (Å²) in [6.07, 6.45) is 5.41. The van der Waals surface area contributed by atoms with Crippen molar-refractivity contribution in [1.82, 2.24) is 5.32 Å². The van der Waals surface area contributed by atoms with E-state index < -0.39 is 0 Å². The molecular weight excluding hydrogens is 240 g/mol. The van der Waals surface area contributed by atoms with Crippen LogP contribution in [-0.4, -0.2) is 11.5 Å². The molecule has 4 heteroatoms. The van der Waals surface area contributed by atoms with E-state index in [0.29, 0.717) is 0 Å². The molecule has 0 radical (unpaired) electrons. The summed E-state index contributed by atoms with van der Waals surface area (Å²) in [5.74, 6) is 1.60. The van der Waals surface area contributed by atoms with Crippen LogP contribution < -0.4 is 5.32 Å². The van der Waals surface area contributed by atoms with Crippen molar-refractivity contribution < 1.29 is 4.92 Å². The fraction of sp³-hybridized carbons (Fsp3) is 0.600. The van der Waals surface area contributed by atoms with E-state index in [2.05, 4.69) is 12.2 Å². The minimum absolute atomic E-state index is 0.157. The summed E-state index contributed by atoms with van der Waals surface area (Å²) in [6, 6.07) is 6.80. The summed E-state index contributed by atoms with van der Waals surface area (Å²) in [4.78, 5) is 10.2. The first-order chi connectivity index (χ1) is 9.16. The Bertz CT molecular complexity index is 417. The standard InChI is InChI=1S/C15H22N2O2/c1-12-4-2-3-5-14(12)11-16-10-13-6-8-15(9-7-13)17(18)19/h6-9,12,14,16H,2-5,10-11H2,1H3. The van der Waals surface area contributed by atoms with Gasteiger partial charge in [-0.3, -0.25) is 10.1 Å². The van der Waals surface area contributed by atoms with Crippen LogP contribution in [-0.2, 0) is 6.54 Å². The van der Waals surface area contributed by atoms with Crippen LogP contribution in [0.3, 0.4) is 0 Å². The molecule has 1 fully saturated rings. The fourth-order valence-electron chi connectivity index (χ4n) is 2.83. The summed E-state index contributed by atoms with van der Waals surface area (Å²) >= 11 is 0. The largest absolute Gasteiger partial charge is 0.312 e. The molecular formula is C15H22N2O2. The molecule has 0 heterocycles. The summed E-state index contributed by atoms with van der Waals surface area (Å²) < 4.78 is 0. The van der Waals surface area contributed by atoms with Crippen molar-refractivity contribution in [2.24, 2.45) is 11.8 Å². The number of nitro benzene ring substituents is 1. The van der Waals surface area contributed by atoms with Crippen molar-refractivity contribution in [3.05, 3.63) is 39.9 Å². The zero-order valence-electron chi connectivity index (χ0n) is 11.5. The third-order valence-corrected chi connectivity index (χ3v) is 4.17. The van der Waals surface area contributed by atoms with Gasteiger partial charge >= 0.3 is 0 Å². The Morgan fingerprint density at radius 3 is 2.58 bits per heavy atom. The Kier molecular flexibility index (Phi) is 4.91. The van der Waals surface area contributed by atoms with E-state index in [1.54, 1.807) is 12.1 Å². The van der Waals surface area contributed by atoms with Gasteiger partial charge in [0.05, 0.1) is 4.92 Å². The monoisotopic (exact) mass is 262 g/mol. The Morgan fingerprint density at radius 2 is 1.95 bits per heavy atom. The number of nitro groups is 1. The third-order valence-electron chi connectivity index (χ3n) is 4.17. The molecule has 1 aliphatic rings. The highest BCUT2D eigenvalue weighted by Gasteiger charge is 2.20.